The van der Waals surface area contributed by atoms with E-state index in [-0.39, 0.29) is 22.6 Å². The van der Waals surface area contributed by atoms with Crippen LogP contribution in [0.3, 0.4) is 0 Å². The number of carbonyl (C=O) groups excluding carboxylic acids is 1. The highest BCUT2D eigenvalue weighted by Gasteiger charge is 2.19. The van der Waals surface area contributed by atoms with Gasteiger partial charge >= 0.3 is 0 Å². The minimum absolute atomic E-state index is 0.131. The van der Waals surface area contributed by atoms with Crippen molar-refractivity contribution in [2.24, 2.45) is 0 Å². The molecule has 0 unspecified atom stereocenters. The van der Waals surface area contributed by atoms with Gasteiger partial charge in [0.15, 0.2) is 5.78 Å². The van der Waals surface area contributed by atoms with Crippen LogP contribution in [-0.4, -0.2) is 15.6 Å². The number of nitriles is 1. The Balaban J connectivity index is 2.81. The summed E-state index contributed by atoms with van der Waals surface area (Å²) in [5, 5.41) is 13.1. The Morgan fingerprint density at radius 2 is 2.16 bits per heavy atom. The Labute approximate surface area is 109 Å². The van der Waals surface area contributed by atoms with Crippen LogP contribution in [0.5, 0.6) is 0 Å². The highest BCUT2D eigenvalue weighted by atomic mass is 19.1. The zero-order valence-electron chi connectivity index (χ0n) is 10.4. The van der Waals surface area contributed by atoms with Crippen LogP contribution in [0.15, 0.2) is 18.2 Å². The molecule has 2 aromatic rings. The van der Waals surface area contributed by atoms with E-state index in [1.807, 2.05) is 6.07 Å². The number of nitrogen functional groups attached to an aromatic ring is 1. The fourth-order valence-electron chi connectivity index (χ4n) is 1.89. The van der Waals surface area contributed by atoms with Gasteiger partial charge in [0, 0.05) is 5.69 Å². The van der Waals surface area contributed by atoms with E-state index < -0.39 is 11.6 Å². The first-order valence-electron chi connectivity index (χ1n) is 5.51. The molecule has 0 aliphatic rings. The summed E-state index contributed by atoms with van der Waals surface area (Å²) in [6.45, 7) is 2.95. The predicted octanol–water partition coefficient (Wildman–Crippen LogP) is 1.98. The van der Waals surface area contributed by atoms with Crippen LogP contribution in [0, 0.1) is 24.1 Å². The number of hydrogen-bond donors (Lipinski definition) is 1. The van der Waals surface area contributed by atoms with E-state index in [4.69, 9.17) is 11.0 Å². The first-order chi connectivity index (χ1) is 8.93. The maximum absolute atomic E-state index is 13.9. The van der Waals surface area contributed by atoms with Crippen molar-refractivity contribution in [3.63, 3.8) is 0 Å². The number of Topliss-reactive ketones (excluding diaryl/α,β-unsaturated/α-hetero) is 1. The van der Waals surface area contributed by atoms with Crippen LogP contribution in [-0.2, 0) is 0 Å². The second-order valence-corrected chi connectivity index (χ2v) is 4.15. The van der Waals surface area contributed by atoms with Gasteiger partial charge in [0.1, 0.15) is 17.6 Å². The molecule has 0 amide bonds. The smallest absolute Gasteiger partial charge is 0.164 e. The lowest BCUT2D eigenvalue weighted by atomic mass is 10.1. The molecule has 2 rings (SSSR count). The maximum Gasteiger partial charge on any atom is 0.164 e. The average molecular weight is 258 g/mol. The molecule has 5 nitrogen and oxygen atoms in total. The van der Waals surface area contributed by atoms with E-state index in [0.29, 0.717) is 5.69 Å². The Hall–Kier alpha value is -2.68. The van der Waals surface area contributed by atoms with Crippen molar-refractivity contribution in [1.29, 1.82) is 5.26 Å². The number of aromatic nitrogens is 2. The first-order valence-corrected chi connectivity index (χ1v) is 5.51. The lowest BCUT2D eigenvalue weighted by Crippen LogP contribution is -2.10. The van der Waals surface area contributed by atoms with Gasteiger partial charge in [0.25, 0.3) is 0 Å². The summed E-state index contributed by atoms with van der Waals surface area (Å²) < 4.78 is 15.1. The van der Waals surface area contributed by atoms with Crippen LogP contribution in [0.25, 0.3) is 5.69 Å². The second kappa shape index (κ2) is 4.53. The van der Waals surface area contributed by atoms with Gasteiger partial charge in [-0.3, -0.25) is 4.79 Å². The Bertz CT molecular complexity index is 712. The van der Waals surface area contributed by atoms with Gasteiger partial charge in [-0.05, 0) is 32.0 Å². The maximum atomic E-state index is 13.9. The molecule has 0 atom stereocenters. The van der Waals surface area contributed by atoms with Crippen molar-refractivity contribution < 1.29 is 9.18 Å². The molecule has 1 heterocycles. The van der Waals surface area contributed by atoms with Crippen molar-refractivity contribution in [2.45, 2.75) is 13.8 Å². The zero-order valence-corrected chi connectivity index (χ0v) is 10.4. The van der Waals surface area contributed by atoms with Crippen molar-refractivity contribution in [2.75, 3.05) is 5.73 Å². The van der Waals surface area contributed by atoms with Crippen molar-refractivity contribution in [3.05, 3.63) is 41.0 Å². The quantitative estimate of drug-likeness (QED) is 0.659. The number of nitrogens with two attached hydrogens (primary N) is 1. The summed E-state index contributed by atoms with van der Waals surface area (Å²) in [7, 11) is 0. The molecule has 0 saturated heterocycles. The van der Waals surface area contributed by atoms with Crippen LogP contribution >= 0.6 is 0 Å². The van der Waals surface area contributed by atoms with Gasteiger partial charge in [-0.25, -0.2) is 9.07 Å². The monoisotopic (exact) mass is 258 g/mol. The van der Waals surface area contributed by atoms with Gasteiger partial charge in [-0.15, -0.1) is 0 Å². The van der Waals surface area contributed by atoms with Gasteiger partial charge < -0.3 is 5.73 Å². The highest BCUT2D eigenvalue weighted by Crippen LogP contribution is 2.23. The van der Waals surface area contributed by atoms with Crippen molar-refractivity contribution in [3.8, 4) is 11.8 Å². The van der Waals surface area contributed by atoms with Gasteiger partial charge in [-0.2, -0.15) is 10.4 Å². The molecule has 19 heavy (non-hydrogen) atoms. The van der Waals surface area contributed by atoms with E-state index >= 15 is 0 Å². The first kappa shape index (κ1) is 12.8. The lowest BCUT2D eigenvalue weighted by molar-refractivity contribution is 0.101. The standard InChI is InChI=1S/C13H11FN4O/c1-7-3-10(6-15)18(17-7)12-5-9(16)4-11(14)13(12)8(2)19/h3-5H,16H2,1-2H3. The number of carbonyl (C=O) groups is 1. The van der Waals surface area contributed by atoms with E-state index in [9.17, 15) is 9.18 Å². The fourth-order valence-corrected chi connectivity index (χ4v) is 1.89. The normalized spacial score (nSPS) is 10.2. The molecule has 1 aromatic heterocycles. The Morgan fingerprint density at radius 3 is 2.74 bits per heavy atom. The summed E-state index contributed by atoms with van der Waals surface area (Å²) in [5.41, 5.74) is 6.60. The van der Waals surface area contributed by atoms with Crippen LogP contribution in [0.2, 0.25) is 0 Å². The highest BCUT2D eigenvalue weighted by molar-refractivity contribution is 5.98. The van der Waals surface area contributed by atoms with Crippen LogP contribution < -0.4 is 5.73 Å². The summed E-state index contributed by atoms with van der Waals surface area (Å²) in [6.07, 6.45) is 0. The summed E-state index contributed by atoms with van der Waals surface area (Å²) >= 11 is 0. The molecule has 6 heteroatoms. The largest absolute Gasteiger partial charge is 0.399 e. The van der Waals surface area contributed by atoms with Crippen molar-refractivity contribution >= 4 is 11.5 Å². The minimum atomic E-state index is -0.723. The second-order valence-electron chi connectivity index (χ2n) is 4.15. The number of rotatable bonds is 2. The molecule has 2 N–H and O–H groups in total. The number of anilines is 1. The summed E-state index contributed by atoms with van der Waals surface area (Å²) in [5.74, 6) is -1.18. The third kappa shape index (κ3) is 2.18. The number of halogens is 1. The molecule has 0 aliphatic carbocycles. The summed E-state index contributed by atoms with van der Waals surface area (Å²) in [4.78, 5) is 11.6. The SMILES string of the molecule is CC(=O)c1c(F)cc(N)cc1-n1nc(C)cc1C#N. The van der Waals surface area contributed by atoms with E-state index in [1.54, 1.807) is 13.0 Å². The molecule has 0 aliphatic heterocycles. The molecular formula is C13H11FN4O. The topological polar surface area (TPSA) is 84.7 Å². The van der Waals surface area contributed by atoms with E-state index in [1.165, 1.54) is 17.7 Å². The molecule has 1 aromatic carbocycles. The Morgan fingerprint density at radius 1 is 1.47 bits per heavy atom. The molecule has 0 bridgehead atoms. The molecule has 0 radical (unpaired) electrons. The molecule has 0 saturated carbocycles. The number of nitrogens with zero attached hydrogens (tertiary/aromatic N) is 3. The molecule has 0 spiro atoms. The van der Waals surface area contributed by atoms with E-state index in [2.05, 4.69) is 5.10 Å². The zero-order chi connectivity index (χ0) is 14.2. The number of aryl methyl sites for hydroxylation is 1. The minimum Gasteiger partial charge on any atom is -0.399 e. The average Bonchev–Trinajstić information content (AvgIpc) is 2.68. The van der Waals surface area contributed by atoms with Crippen molar-refractivity contribution in [1.82, 2.24) is 9.78 Å². The Kier molecular flexibility index (Phi) is 3.05. The van der Waals surface area contributed by atoms with Gasteiger partial charge in [-0.1, -0.05) is 0 Å². The van der Waals surface area contributed by atoms with Crippen LogP contribution in [0.4, 0.5) is 10.1 Å². The number of benzene rings is 1. The number of ketones is 1. The fraction of sp³-hybridized carbons (Fsp3) is 0.154. The lowest BCUT2D eigenvalue weighted by Gasteiger charge is -2.10. The third-order valence-electron chi connectivity index (χ3n) is 2.62. The predicted molar refractivity (Wildman–Crippen MR) is 67.4 cm³/mol. The number of hydrogen-bond acceptors (Lipinski definition) is 4. The molecule has 0 fully saturated rings. The van der Waals surface area contributed by atoms with Gasteiger partial charge in [0.2, 0.25) is 0 Å². The van der Waals surface area contributed by atoms with E-state index in [0.717, 1.165) is 6.07 Å². The van der Waals surface area contributed by atoms with Crippen LogP contribution in [0.1, 0.15) is 28.7 Å². The van der Waals surface area contributed by atoms with Gasteiger partial charge in [0.05, 0.1) is 16.9 Å². The third-order valence-corrected chi connectivity index (χ3v) is 2.62. The molecular weight excluding hydrogens is 247 g/mol. The summed E-state index contributed by atoms with van der Waals surface area (Å²) in [6, 6.07) is 5.99. The molecule has 96 valence electrons.